The fourth-order valence-electron chi connectivity index (χ4n) is 2.78. The Morgan fingerprint density at radius 3 is 2.41 bits per heavy atom. The molecule has 1 atom stereocenters. The van der Waals surface area contributed by atoms with Crippen LogP contribution >= 0.6 is 15.9 Å². The normalized spacial score (nSPS) is 12.2. The molecule has 1 aromatic heterocycles. The molecule has 0 radical (unpaired) electrons. The topological polar surface area (TPSA) is 125 Å². The van der Waals surface area contributed by atoms with E-state index in [9.17, 15) is 13.2 Å². The molecule has 3 aromatic rings. The van der Waals surface area contributed by atoms with Crippen molar-refractivity contribution in [1.82, 2.24) is 15.3 Å². The lowest BCUT2D eigenvalue weighted by molar-refractivity contribution is -0.118. The third kappa shape index (κ3) is 7.34. The Morgan fingerprint density at radius 2 is 1.76 bits per heavy atom. The minimum Gasteiger partial charge on any atom is -0.367 e. The Labute approximate surface area is 210 Å². The summed E-state index contributed by atoms with van der Waals surface area (Å²) in [6.45, 7) is 4.35. The summed E-state index contributed by atoms with van der Waals surface area (Å²) < 4.78 is 30.0. The summed E-state index contributed by atoms with van der Waals surface area (Å²) in [7, 11) is -4.59. The number of hydrogen-bond acceptors (Lipinski definition) is 7. The third-order valence-corrected chi connectivity index (χ3v) is 8.60. The van der Waals surface area contributed by atoms with Crippen molar-refractivity contribution in [1.29, 1.82) is 0 Å². The van der Waals surface area contributed by atoms with Crippen LogP contribution in [-0.2, 0) is 25.5 Å². The maximum atomic E-state index is 12.6. The van der Waals surface area contributed by atoms with E-state index in [-0.39, 0.29) is 10.8 Å². The van der Waals surface area contributed by atoms with Gasteiger partial charge in [0.1, 0.15) is 5.82 Å². The summed E-state index contributed by atoms with van der Waals surface area (Å²) in [5, 5.41) is 8.97. The Bertz CT molecular complexity index is 1300. The second-order valence-electron chi connectivity index (χ2n) is 7.29. The van der Waals surface area contributed by atoms with Crippen LogP contribution in [-0.4, -0.2) is 43.6 Å². The van der Waals surface area contributed by atoms with E-state index in [4.69, 9.17) is 0 Å². The van der Waals surface area contributed by atoms with Crippen molar-refractivity contribution < 1.29 is 13.2 Å². The first-order valence-corrected chi connectivity index (χ1v) is 14.0. The van der Waals surface area contributed by atoms with Gasteiger partial charge in [0, 0.05) is 36.8 Å². The van der Waals surface area contributed by atoms with Crippen molar-refractivity contribution in [3.05, 3.63) is 64.8 Å². The summed E-state index contributed by atoms with van der Waals surface area (Å²) >= 11 is 3.41. The number of carbonyl (C=O) groups excluding carboxylic acids is 1. The van der Waals surface area contributed by atoms with Crippen LogP contribution in [0.2, 0.25) is 0 Å². The molecule has 0 aliphatic carbocycles. The standard InChI is InChI=1S/C22H25BrN6O3S2/c1-15-4-10-19(11-5-15)34(31,32)29-33(3)18-8-6-17(7-9-18)27-22-26-14-20(23)21(28-22)25-13-12-24-16(2)30/h4-11,14H,12-13H2,1-3H3,(H,24,30)(H2,25,26,27,28)/t33-/m0/s1. The quantitative estimate of drug-likeness (QED) is 0.335. The lowest BCUT2D eigenvalue weighted by Gasteiger charge is -2.11. The minimum atomic E-state index is -3.74. The summed E-state index contributed by atoms with van der Waals surface area (Å²) in [5.74, 6) is 0.889. The van der Waals surface area contributed by atoms with Crippen molar-refractivity contribution in [3.8, 4) is 0 Å². The Balaban J connectivity index is 1.68. The Kier molecular flexibility index (Phi) is 8.75. The number of sulfonamides is 1. The lowest BCUT2D eigenvalue weighted by atomic mass is 10.2. The first kappa shape index (κ1) is 25.8. The van der Waals surface area contributed by atoms with Gasteiger partial charge in [0.05, 0.1) is 9.37 Å². The number of anilines is 3. The molecule has 0 aliphatic heterocycles. The van der Waals surface area contributed by atoms with Crippen LogP contribution in [0, 0.1) is 6.92 Å². The van der Waals surface area contributed by atoms with Crippen LogP contribution < -0.4 is 16.0 Å². The van der Waals surface area contributed by atoms with Gasteiger partial charge in [-0.2, -0.15) is 13.4 Å². The van der Waals surface area contributed by atoms with Gasteiger partial charge in [-0.05, 0) is 65.5 Å². The minimum absolute atomic E-state index is 0.0927. The number of nitrogens with zero attached hydrogens (tertiary/aromatic N) is 3. The van der Waals surface area contributed by atoms with Crippen LogP contribution in [0.1, 0.15) is 12.5 Å². The molecule has 0 fully saturated rings. The molecule has 1 heterocycles. The molecule has 2 aromatic carbocycles. The molecule has 0 saturated heterocycles. The second kappa shape index (κ2) is 11.5. The van der Waals surface area contributed by atoms with Crippen molar-refractivity contribution in [2.24, 2.45) is 3.77 Å². The number of amides is 1. The highest BCUT2D eigenvalue weighted by molar-refractivity contribution is 9.10. The lowest BCUT2D eigenvalue weighted by Crippen LogP contribution is -2.26. The van der Waals surface area contributed by atoms with Crippen molar-refractivity contribution >= 4 is 60.0 Å². The fraction of sp³-hybridized carbons (Fsp3) is 0.227. The predicted octanol–water partition coefficient (Wildman–Crippen LogP) is 4.02. The van der Waals surface area contributed by atoms with Gasteiger partial charge in [0.15, 0.2) is 0 Å². The largest absolute Gasteiger partial charge is 0.367 e. The molecule has 1 amide bonds. The molecule has 0 saturated carbocycles. The molecule has 34 heavy (non-hydrogen) atoms. The Morgan fingerprint density at radius 1 is 1.09 bits per heavy atom. The zero-order chi connectivity index (χ0) is 24.7. The van der Waals surface area contributed by atoms with E-state index in [0.717, 1.165) is 16.1 Å². The van der Waals surface area contributed by atoms with E-state index in [0.29, 0.717) is 29.3 Å². The number of nitrogens with one attached hydrogen (secondary N) is 3. The highest BCUT2D eigenvalue weighted by atomic mass is 79.9. The van der Waals surface area contributed by atoms with Gasteiger partial charge < -0.3 is 16.0 Å². The molecule has 12 heteroatoms. The van der Waals surface area contributed by atoms with Gasteiger partial charge in [0.2, 0.25) is 11.9 Å². The zero-order valence-corrected chi connectivity index (χ0v) is 22.1. The van der Waals surface area contributed by atoms with Gasteiger partial charge in [-0.3, -0.25) is 4.79 Å². The number of aromatic nitrogens is 2. The number of aryl methyl sites for hydroxylation is 1. The van der Waals surface area contributed by atoms with Gasteiger partial charge in [-0.25, -0.2) is 4.98 Å². The van der Waals surface area contributed by atoms with E-state index >= 15 is 0 Å². The zero-order valence-electron chi connectivity index (χ0n) is 18.9. The average Bonchev–Trinajstić information content (AvgIpc) is 2.79. The maximum Gasteiger partial charge on any atom is 0.288 e. The summed E-state index contributed by atoms with van der Waals surface area (Å²) in [4.78, 5) is 20.6. The first-order valence-electron chi connectivity index (χ1n) is 10.2. The molecule has 3 rings (SSSR count). The van der Waals surface area contributed by atoms with E-state index in [1.54, 1.807) is 36.7 Å². The van der Waals surface area contributed by atoms with Gasteiger partial charge >= 0.3 is 0 Å². The molecule has 0 unspecified atom stereocenters. The summed E-state index contributed by atoms with van der Waals surface area (Å²) in [6.07, 6.45) is 3.40. The van der Waals surface area contributed by atoms with Crippen molar-refractivity contribution in [2.45, 2.75) is 23.6 Å². The van der Waals surface area contributed by atoms with E-state index in [1.807, 2.05) is 31.2 Å². The molecule has 0 aliphatic rings. The first-order chi connectivity index (χ1) is 16.1. The van der Waals surface area contributed by atoms with Crippen molar-refractivity contribution in [3.63, 3.8) is 0 Å². The summed E-state index contributed by atoms with van der Waals surface area (Å²) in [6, 6.07) is 13.9. The van der Waals surface area contributed by atoms with Gasteiger partial charge in [-0.1, -0.05) is 28.4 Å². The highest BCUT2D eigenvalue weighted by Crippen LogP contribution is 2.23. The van der Waals surface area contributed by atoms with Crippen LogP contribution in [0.5, 0.6) is 0 Å². The highest BCUT2D eigenvalue weighted by Gasteiger charge is 2.13. The number of hydrogen-bond donors (Lipinski definition) is 3. The van der Waals surface area contributed by atoms with Crippen LogP contribution in [0.4, 0.5) is 17.5 Å². The monoisotopic (exact) mass is 564 g/mol. The smallest absolute Gasteiger partial charge is 0.288 e. The van der Waals surface area contributed by atoms with E-state index in [1.165, 1.54) is 6.92 Å². The van der Waals surface area contributed by atoms with Crippen molar-refractivity contribution in [2.75, 3.05) is 30.0 Å². The number of benzene rings is 2. The van der Waals surface area contributed by atoms with E-state index in [2.05, 4.69) is 45.6 Å². The number of halogens is 1. The second-order valence-corrected chi connectivity index (χ2v) is 11.6. The third-order valence-electron chi connectivity index (χ3n) is 4.52. The number of carbonyl (C=O) groups is 1. The maximum absolute atomic E-state index is 12.6. The van der Waals surface area contributed by atoms with Gasteiger partial charge in [0.25, 0.3) is 10.0 Å². The van der Waals surface area contributed by atoms with E-state index < -0.39 is 20.7 Å². The van der Waals surface area contributed by atoms with Crippen LogP contribution in [0.25, 0.3) is 0 Å². The average molecular weight is 566 g/mol. The summed E-state index contributed by atoms with van der Waals surface area (Å²) in [5.41, 5.74) is 1.73. The van der Waals surface area contributed by atoms with Crippen LogP contribution in [0.3, 0.4) is 0 Å². The SMILES string of the molecule is CC(=O)NCCNc1nc(Nc2ccc([S@](C)=NS(=O)(=O)c3ccc(C)cc3)cc2)ncc1Br. The predicted molar refractivity (Wildman–Crippen MR) is 139 cm³/mol. The fourth-order valence-corrected chi connectivity index (χ4v) is 5.99. The molecule has 3 N–H and O–H groups in total. The molecular weight excluding hydrogens is 540 g/mol. The molecular formula is C22H25BrN6O3S2. The Hall–Kier alpha value is -2.83. The molecule has 9 nitrogen and oxygen atoms in total. The van der Waals surface area contributed by atoms with Gasteiger partial charge in [-0.15, -0.1) is 3.77 Å². The molecule has 180 valence electrons. The molecule has 0 spiro atoms. The number of rotatable bonds is 9. The van der Waals surface area contributed by atoms with Crippen LogP contribution in [0.15, 0.2) is 72.8 Å². The molecule has 0 bridgehead atoms.